The number of hydrogen-bond acceptors (Lipinski definition) is 2. The van der Waals surface area contributed by atoms with Gasteiger partial charge in [0, 0.05) is 11.5 Å². The van der Waals surface area contributed by atoms with E-state index in [4.69, 9.17) is 0 Å². The van der Waals surface area contributed by atoms with Crippen LogP contribution in [0.15, 0.2) is 64.4 Å². The molecule has 2 aromatic rings. The van der Waals surface area contributed by atoms with Crippen LogP contribution in [0.5, 0.6) is 0 Å². The first-order valence-electron chi connectivity index (χ1n) is 6.58. The Morgan fingerprint density at radius 1 is 0.826 bits per heavy atom. The minimum absolute atomic E-state index is 0.144. The van der Waals surface area contributed by atoms with E-state index >= 15 is 0 Å². The number of sulfonamides is 1. The lowest BCUT2D eigenvalue weighted by atomic mass is 10.2. The fourth-order valence-electron chi connectivity index (χ4n) is 1.82. The molecule has 0 amide bonds. The molecule has 2 aromatic carbocycles. The van der Waals surface area contributed by atoms with E-state index in [9.17, 15) is 21.6 Å². The second kappa shape index (κ2) is 7.27. The summed E-state index contributed by atoms with van der Waals surface area (Å²) in [4.78, 5) is 0. The summed E-state index contributed by atoms with van der Waals surface area (Å²) in [7, 11) is -6.83. The molecule has 0 aliphatic rings. The Morgan fingerprint density at radius 3 is 1.57 bits per heavy atom. The second-order valence-corrected chi connectivity index (χ2v) is 8.23. The maximum Gasteiger partial charge on any atom is 0.519 e. The van der Waals surface area contributed by atoms with E-state index in [1.165, 1.54) is 0 Å². The lowest BCUT2D eigenvalue weighted by Gasteiger charge is -2.10. The Hall–Kier alpha value is -1.67. The van der Waals surface area contributed by atoms with Crippen molar-refractivity contribution in [3.05, 3.63) is 71.8 Å². The van der Waals surface area contributed by atoms with Gasteiger partial charge in [-0.25, -0.2) is 0 Å². The largest absolute Gasteiger partial charge is 0.519 e. The summed E-state index contributed by atoms with van der Waals surface area (Å²) < 4.78 is 63.6. The van der Waals surface area contributed by atoms with Crippen LogP contribution in [0.4, 0.5) is 13.2 Å². The second-order valence-electron chi connectivity index (χ2n) is 4.72. The van der Waals surface area contributed by atoms with Crippen molar-refractivity contribution in [1.82, 2.24) is 0 Å². The van der Waals surface area contributed by atoms with Crippen LogP contribution in [0, 0.1) is 0 Å². The highest BCUT2D eigenvalue weighted by molar-refractivity contribution is 8.00. The number of alkyl halides is 3. The van der Waals surface area contributed by atoms with Gasteiger partial charge in [-0.15, -0.1) is 3.77 Å². The maximum atomic E-state index is 12.6. The predicted octanol–water partition coefficient (Wildman–Crippen LogP) is 4.04. The Kier molecular flexibility index (Phi) is 5.59. The molecular weight excluding hydrogens is 347 g/mol. The van der Waals surface area contributed by atoms with E-state index in [1.54, 1.807) is 60.7 Å². The Balaban J connectivity index is 2.35. The van der Waals surface area contributed by atoms with Crippen molar-refractivity contribution in [2.75, 3.05) is 0 Å². The van der Waals surface area contributed by atoms with Crippen LogP contribution in [-0.2, 0) is 32.2 Å². The van der Waals surface area contributed by atoms with E-state index in [2.05, 4.69) is 3.77 Å². The fraction of sp³-hybridized carbons (Fsp3) is 0.200. The molecule has 0 radical (unpaired) electrons. The van der Waals surface area contributed by atoms with Crippen LogP contribution in [0.2, 0.25) is 0 Å². The van der Waals surface area contributed by atoms with Crippen molar-refractivity contribution in [2.24, 2.45) is 3.77 Å². The molecule has 8 heteroatoms. The van der Waals surface area contributed by atoms with E-state index in [1.807, 2.05) is 0 Å². The van der Waals surface area contributed by atoms with Crippen molar-refractivity contribution < 1.29 is 21.6 Å². The van der Waals surface area contributed by atoms with Crippen LogP contribution in [0.25, 0.3) is 0 Å². The van der Waals surface area contributed by atoms with Gasteiger partial charge < -0.3 is 0 Å². The molecule has 23 heavy (non-hydrogen) atoms. The lowest BCUT2D eigenvalue weighted by Crippen LogP contribution is -2.21. The van der Waals surface area contributed by atoms with Gasteiger partial charge in [0.05, 0.1) is 0 Å². The normalized spacial score (nSPS) is 12.3. The minimum atomic E-state index is -5.50. The van der Waals surface area contributed by atoms with Gasteiger partial charge in [-0.2, -0.15) is 21.6 Å². The van der Waals surface area contributed by atoms with Crippen LogP contribution in [0.3, 0.4) is 0 Å². The molecule has 0 bridgehead atoms. The molecule has 0 heterocycles. The first-order chi connectivity index (χ1) is 10.8. The standard InChI is InChI=1S/C15H14F3NO2S2/c16-15(17,18)23(20,21)19-22(11-13-7-3-1-4-8-13)12-14-9-5-2-6-10-14/h1-10H,11-12H2. The van der Waals surface area contributed by atoms with E-state index in [-0.39, 0.29) is 11.5 Å². The Labute approximate surface area is 135 Å². The summed E-state index contributed by atoms with van der Waals surface area (Å²) in [6, 6.07) is 17.5. The van der Waals surface area contributed by atoms with Crippen LogP contribution < -0.4 is 0 Å². The fourth-order valence-corrected chi connectivity index (χ4v) is 4.94. The van der Waals surface area contributed by atoms with Gasteiger partial charge >= 0.3 is 15.5 Å². The van der Waals surface area contributed by atoms with Gasteiger partial charge in [-0.1, -0.05) is 71.4 Å². The summed E-state index contributed by atoms with van der Waals surface area (Å²) in [5.74, 6) is 0.288. The Morgan fingerprint density at radius 2 is 1.22 bits per heavy atom. The molecular formula is C15H14F3NO2S2. The van der Waals surface area contributed by atoms with Gasteiger partial charge in [-0.3, -0.25) is 0 Å². The summed E-state index contributed by atoms with van der Waals surface area (Å²) in [6.07, 6.45) is 0. The molecule has 0 atom stereocenters. The van der Waals surface area contributed by atoms with E-state index in [0.717, 1.165) is 11.1 Å². The van der Waals surface area contributed by atoms with Crippen molar-refractivity contribution in [2.45, 2.75) is 17.0 Å². The van der Waals surface area contributed by atoms with Crippen molar-refractivity contribution in [3.8, 4) is 0 Å². The zero-order valence-electron chi connectivity index (χ0n) is 11.9. The summed E-state index contributed by atoms with van der Waals surface area (Å²) >= 11 is 0. The molecule has 0 aliphatic carbocycles. The molecule has 0 fully saturated rings. The quantitative estimate of drug-likeness (QED) is 0.807. The average molecular weight is 361 g/mol. The van der Waals surface area contributed by atoms with Gasteiger partial charge in [0.1, 0.15) is 0 Å². The summed E-state index contributed by atoms with van der Waals surface area (Å²) in [5, 5.41) is 0. The number of halogens is 3. The minimum Gasteiger partial charge on any atom is -0.194 e. The SMILES string of the molecule is O=S(=O)(N=S(Cc1ccccc1)Cc1ccccc1)C(F)(F)F. The molecule has 0 aromatic heterocycles. The van der Waals surface area contributed by atoms with E-state index < -0.39 is 26.2 Å². The highest BCUT2D eigenvalue weighted by Crippen LogP contribution is 2.26. The van der Waals surface area contributed by atoms with Gasteiger partial charge in [0.15, 0.2) is 0 Å². The van der Waals surface area contributed by atoms with Crippen molar-refractivity contribution in [1.29, 1.82) is 0 Å². The van der Waals surface area contributed by atoms with E-state index in [0.29, 0.717) is 0 Å². The smallest absolute Gasteiger partial charge is 0.194 e. The molecule has 0 saturated carbocycles. The molecule has 2 rings (SSSR count). The topological polar surface area (TPSA) is 46.5 Å². The molecule has 124 valence electrons. The van der Waals surface area contributed by atoms with Crippen LogP contribution >= 0.6 is 0 Å². The van der Waals surface area contributed by atoms with Gasteiger partial charge in [-0.05, 0) is 11.1 Å². The monoisotopic (exact) mass is 361 g/mol. The zero-order valence-corrected chi connectivity index (χ0v) is 13.5. The number of hydrogen-bond donors (Lipinski definition) is 0. The molecule has 3 nitrogen and oxygen atoms in total. The average Bonchev–Trinajstić information content (AvgIpc) is 2.47. The molecule has 0 spiro atoms. The van der Waals surface area contributed by atoms with Crippen molar-refractivity contribution >= 4 is 20.7 Å². The third kappa shape index (κ3) is 5.18. The maximum absolute atomic E-state index is 12.6. The molecule has 0 saturated heterocycles. The highest BCUT2D eigenvalue weighted by Gasteiger charge is 2.46. The molecule has 0 N–H and O–H groups in total. The first kappa shape index (κ1) is 17.7. The third-order valence-electron chi connectivity index (χ3n) is 2.85. The summed E-state index contributed by atoms with van der Waals surface area (Å²) in [5.41, 5.74) is -3.88. The Bertz CT molecular complexity index is 730. The first-order valence-corrected chi connectivity index (χ1v) is 9.54. The molecule has 0 unspecified atom stereocenters. The number of benzene rings is 2. The van der Waals surface area contributed by atoms with Crippen LogP contribution in [-0.4, -0.2) is 13.9 Å². The predicted molar refractivity (Wildman–Crippen MR) is 85.1 cm³/mol. The van der Waals surface area contributed by atoms with Crippen LogP contribution in [0.1, 0.15) is 11.1 Å². The number of rotatable bonds is 5. The van der Waals surface area contributed by atoms with Gasteiger partial charge in [0.25, 0.3) is 0 Å². The summed E-state index contributed by atoms with van der Waals surface area (Å²) in [6.45, 7) is 0. The highest BCUT2D eigenvalue weighted by atomic mass is 32.3. The van der Waals surface area contributed by atoms with Gasteiger partial charge in [0.2, 0.25) is 0 Å². The third-order valence-corrected chi connectivity index (χ3v) is 6.39. The van der Waals surface area contributed by atoms with Crippen molar-refractivity contribution in [3.63, 3.8) is 0 Å². The zero-order chi connectivity index (χ0) is 16.9. The lowest BCUT2D eigenvalue weighted by molar-refractivity contribution is -0.0434. The molecule has 0 aliphatic heterocycles. The number of nitrogens with zero attached hydrogens (tertiary/aromatic N) is 1.